The van der Waals surface area contributed by atoms with E-state index in [0.29, 0.717) is 6.61 Å². The Morgan fingerprint density at radius 2 is 2.08 bits per heavy atom. The molecule has 6 heteroatoms. The molecular weight excluding hydrogens is 332 g/mol. The monoisotopic (exact) mass is 360 g/mol. The van der Waals surface area contributed by atoms with Crippen molar-refractivity contribution < 1.29 is 4.74 Å². The Bertz CT molecular complexity index is 642. The third-order valence-electron chi connectivity index (χ3n) is 3.75. The van der Waals surface area contributed by atoms with Crippen molar-refractivity contribution in [3.05, 3.63) is 52.0 Å². The highest BCUT2D eigenvalue weighted by Gasteiger charge is 2.08. The molecule has 1 aromatic heterocycles. The zero-order valence-corrected chi connectivity index (χ0v) is 16.2. The van der Waals surface area contributed by atoms with Gasteiger partial charge in [-0.15, -0.1) is 11.3 Å². The van der Waals surface area contributed by atoms with E-state index < -0.39 is 0 Å². The van der Waals surface area contributed by atoms with Crippen LogP contribution in [-0.4, -0.2) is 43.1 Å². The molecule has 0 saturated heterocycles. The quantitative estimate of drug-likeness (QED) is 0.423. The first-order valence-electron chi connectivity index (χ1n) is 8.63. The minimum atomic E-state index is 0.686. The smallest absolute Gasteiger partial charge is 0.193 e. The van der Waals surface area contributed by atoms with Crippen LogP contribution in [0, 0.1) is 6.92 Å². The maximum Gasteiger partial charge on any atom is 0.193 e. The van der Waals surface area contributed by atoms with E-state index in [4.69, 9.17) is 4.74 Å². The molecule has 0 atom stereocenters. The number of hydrogen-bond acceptors (Lipinski definition) is 4. The summed E-state index contributed by atoms with van der Waals surface area (Å²) in [6, 6.07) is 10.3. The summed E-state index contributed by atoms with van der Waals surface area (Å²) in [5, 5.41) is 6.60. The van der Waals surface area contributed by atoms with Crippen molar-refractivity contribution in [3.63, 3.8) is 0 Å². The van der Waals surface area contributed by atoms with Gasteiger partial charge in [0.05, 0.1) is 23.9 Å². The molecule has 0 aliphatic heterocycles. The average Bonchev–Trinajstić information content (AvgIpc) is 3.03. The van der Waals surface area contributed by atoms with Gasteiger partial charge in [-0.05, 0) is 25.3 Å². The number of rotatable bonds is 9. The Hall–Kier alpha value is -1.92. The molecule has 0 aliphatic rings. The van der Waals surface area contributed by atoms with Crippen LogP contribution in [-0.2, 0) is 17.9 Å². The number of nitrogens with one attached hydrogen (secondary N) is 1. The molecule has 1 N–H and O–H groups in total. The molecule has 0 saturated carbocycles. The van der Waals surface area contributed by atoms with Crippen molar-refractivity contribution in [3.8, 4) is 0 Å². The summed E-state index contributed by atoms with van der Waals surface area (Å²) in [7, 11) is 3.85. The van der Waals surface area contributed by atoms with E-state index in [9.17, 15) is 0 Å². The summed E-state index contributed by atoms with van der Waals surface area (Å²) in [5.41, 5.74) is 2.31. The van der Waals surface area contributed by atoms with Crippen LogP contribution in [0.3, 0.4) is 0 Å². The maximum atomic E-state index is 5.71. The predicted octanol–water partition coefficient (Wildman–Crippen LogP) is 3.46. The van der Waals surface area contributed by atoms with Crippen LogP contribution in [0.5, 0.6) is 0 Å². The lowest BCUT2D eigenvalue weighted by atomic mass is 10.2. The number of aromatic nitrogens is 1. The first-order chi connectivity index (χ1) is 12.2. The topological polar surface area (TPSA) is 49.8 Å². The normalized spacial score (nSPS) is 11.6. The van der Waals surface area contributed by atoms with Crippen molar-refractivity contribution in [2.45, 2.75) is 32.9 Å². The fourth-order valence-corrected chi connectivity index (χ4v) is 3.08. The van der Waals surface area contributed by atoms with Gasteiger partial charge in [0.1, 0.15) is 0 Å². The van der Waals surface area contributed by atoms with Crippen molar-refractivity contribution in [2.75, 3.05) is 27.2 Å². The first-order valence-corrected chi connectivity index (χ1v) is 9.51. The van der Waals surface area contributed by atoms with Crippen LogP contribution >= 0.6 is 11.3 Å². The van der Waals surface area contributed by atoms with E-state index in [-0.39, 0.29) is 0 Å². The van der Waals surface area contributed by atoms with E-state index in [1.165, 1.54) is 5.56 Å². The Balaban J connectivity index is 1.57. The second-order valence-electron chi connectivity index (χ2n) is 5.93. The summed E-state index contributed by atoms with van der Waals surface area (Å²) in [6.07, 6.45) is 2.09. The van der Waals surface area contributed by atoms with Gasteiger partial charge >= 0.3 is 0 Å². The van der Waals surface area contributed by atoms with Gasteiger partial charge in [0, 0.05) is 32.6 Å². The minimum absolute atomic E-state index is 0.686. The van der Waals surface area contributed by atoms with Crippen LogP contribution < -0.4 is 5.32 Å². The summed E-state index contributed by atoms with van der Waals surface area (Å²) < 4.78 is 5.71. The molecule has 0 radical (unpaired) electrons. The number of guanidine groups is 1. The van der Waals surface area contributed by atoms with Gasteiger partial charge in [-0.1, -0.05) is 30.3 Å². The largest absolute Gasteiger partial charge is 0.377 e. The average molecular weight is 361 g/mol. The Labute approximate surface area is 154 Å². The predicted molar refractivity (Wildman–Crippen MR) is 105 cm³/mol. The Kier molecular flexibility index (Phi) is 8.42. The minimum Gasteiger partial charge on any atom is -0.377 e. The van der Waals surface area contributed by atoms with E-state index in [2.05, 4.69) is 37.7 Å². The molecule has 2 rings (SSSR count). The van der Waals surface area contributed by atoms with E-state index in [0.717, 1.165) is 49.2 Å². The Morgan fingerprint density at radius 3 is 2.76 bits per heavy atom. The zero-order valence-electron chi connectivity index (χ0n) is 15.4. The molecule has 0 unspecified atom stereocenters. The zero-order chi connectivity index (χ0) is 17.9. The number of ether oxygens (including phenoxy) is 1. The lowest BCUT2D eigenvalue weighted by molar-refractivity contribution is 0.117. The number of aliphatic imine (C=N–C) groups is 1. The van der Waals surface area contributed by atoms with Crippen molar-refractivity contribution in [1.82, 2.24) is 15.2 Å². The first kappa shape index (κ1) is 19.4. The Morgan fingerprint density at radius 1 is 1.28 bits per heavy atom. The highest BCUT2D eigenvalue weighted by Crippen LogP contribution is 2.09. The lowest BCUT2D eigenvalue weighted by Gasteiger charge is -2.21. The molecule has 1 aromatic carbocycles. The molecule has 5 nitrogen and oxygen atoms in total. The molecular formula is C19H28N4OS. The van der Waals surface area contributed by atoms with E-state index in [1.807, 2.05) is 39.2 Å². The molecule has 0 fully saturated rings. The van der Waals surface area contributed by atoms with Crippen LogP contribution in [0.1, 0.15) is 29.1 Å². The summed E-state index contributed by atoms with van der Waals surface area (Å²) in [6.45, 7) is 5.15. The van der Waals surface area contributed by atoms with Crippen molar-refractivity contribution in [1.29, 1.82) is 0 Å². The molecule has 25 heavy (non-hydrogen) atoms. The molecule has 0 amide bonds. The van der Waals surface area contributed by atoms with Gasteiger partial charge in [0.15, 0.2) is 5.96 Å². The molecule has 136 valence electrons. The number of thiazole rings is 1. The second kappa shape index (κ2) is 10.8. The van der Waals surface area contributed by atoms with Gasteiger partial charge in [-0.3, -0.25) is 4.99 Å². The van der Waals surface area contributed by atoms with Gasteiger partial charge in [-0.2, -0.15) is 0 Å². The number of aryl methyl sites for hydroxylation is 1. The number of nitrogens with zero attached hydrogens (tertiary/aromatic N) is 3. The molecule has 0 spiro atoms. The van der Waals surface area contributed by atoms with Crippen LogP contribution in [0.15, 0.2) is 40.7 Å². The highest BCUT2D eigenvalue weighted by atomic mass is 32.1. The highest BCUT2D eigenvalue weighted by molar-refractivity contribution is 7.09. The third-order valence-corrected chi connectivity index (χ3v) is 4.57. The fraction of sp³-hybridized carbons (Fsp3) is 0.474. The number of hydrogen-bond donors (Lipinski definition) is 1. The number of benzene rings is 1. The maximum absolute atomic E-state index is 5.71. The van der Waals surface area contributed by atoms with Gasteiger partial charge in [0.2, 0.25) is 0 Å². The lowest BCUT2D eigenvalue weighted by Crippen LogP contribution is -2.39. The SMILES string of the molecule is CN=C(NCCCCOCc1ccccc1)N(C)Cc1csc(C)n1. The molecule has 0 bridgehead atoms. The van der Waals surface area contributed by atoms with E-state index >= 15 is 0 Å². The second-order valence-corrected chi connectivity index (χ2v) is 7.00. The van der Waals surface area contributed by atoms with Crippen LogP contribution in [0.4, 0.5) is 0 Å². The number of unbranched alkanes of at least 4 members (excludes halogenated alkanes) is 1. The summed E-state index contributed by atoms with van der Waals surface area (Å²) >= 11 is 1.68. The van der Waals surface area contributed by atoms with Crippen molar-refractivity contribution >= 4 is 17.3 Å². The van der Waals surface area contributed by atoms with Gasteiger partial charge in [-0.25, -0.2) is 4.98 Å². The van der Waals surface area contributed by atoms with Gasteiger partial charge in [0.25, 0.3) is 0 Å². The summed E-state index contributed by atoms with van der Waals surface area (Å²) in [4.78, 5) is 10.9. The summed E-state index contributed by atoms with van der Waals surface area (Å²) in [5.74, 6) is 0.899. The molecule has 2 aromatic rings. The standard InChI is InChI=1S/C19H28N4OS/c1-16-22-18(15-25-16)13-23(3)19(20-2)21-11-7-8-12-24-14-17-9-5-4-6-10-17/h4-6,9-10,15H,7-8,11-14H2,1-3H3,(H,20,21). The fourth-order valence-electron chi connectivity index (χ4n) is 2.48. The van der Waals surface area contributed by atoms with Crippen LogP contribution in [0.25, 0.3) is 0 Å². The van der Waals surface area contributed by atoms with Crippen molar-refractivity contribution in [2.24, 2.45) is 4.99 Å². The van der Waals surface area contributed by atoms with Crippen LogP contribution in [0.2, 0.25) is 0 Å². The molecule has 0 aliphatic carbocycles. The third kappa shape index (κ3) is 7.23. The molecule has 1 heterocycles. The van der Waals surface area contributed by atoms with Gasteiger partial charge < -0.3 is 15.0 Å². The van der Waals surface area contributed by atoms with E-state index in [1.54, 1.807) is 11.3 Å².